The predicted octanol–water partition coefficient (Wildman–Crippen LogP) is 6.63. The van der Waals surface area contributed by atoms with Gasteiger partial charge in [-0.1, -0.05) is 24.6 Å². The molecule has 7 heteroatoms. The van der Waals surface area contributed by atoms with Crippen molar-refractivity contribution in [1.82, 2.24) is 4.90 Å². The first kappa shape index (κ1) is 21.1. The molecule has 1 N–H and O–H groups in total. The van der Waals surface area contributed by atoms with Crippen molar-refractivity contribution in [3.05, 3.63) is 61.4 Å². The Kier molecular flexibility index (Phi) is 6.68. The normalized spacial score (nSPS) is 18.3. The Morgan fingerprint density at radius 1 is 1.21 bits per heavy atom. The number of carbonyl (C=O) groups is 1. The standard InChI is InChI=1S/C21H20Br2N2O2S/c1-4-13(3)25-20(27)18(11-14-9-16(22)19(26)17(23)10-14)28-21(25)24-15-7-5-12(2)6-8-15/h5-11,13,26H,4H2,1-3H3/b18-11+,24-21?/t13-/m1/s1. The molecule has 0 aliphatic carbocycles. The van der Waals surface area contributed by atoms with Crippen molar-refractivity contribution in [2.45, 2.75) is 33.2 Å². The smallest absolute Gasteiger partial charge is 0.266 e. The van der Waals surface area contributed by atoms with Crippen molar-refractivity contribution < 1.29 is 9.90 Å². The Labute approximate surface area is 186 Å². The lowest BCUT2D eigenvalue weighted by Crippen LogP contribution is -2.36. The van der Waals surface area contributed by atoms with Crippen molar-refractivity contribution in [3.8, 4) is 5.75 Å². The van der Waals surface area contributed by atoms with Crippen molar-refractivity contribution in [3.63, 3.8) is 0 Å². The number of amides is 1. The molecule has 1 fully saturated rings. The van der Waals surface area contributed by atoms with Crippen LogP contribution in [0.4, 0.5) is 5.69 Å². The van der Waals surface area contributed by atoms with E-state index in [-0.39, 0.29) is 17.7 Å². The highest BCUT2D eigenvalue weighted by Gasteiger charge is 2.36. The number of nitrogens with zero attached hydrogens (tertiary/aromatic N) is 2. The topological polar surface area (TPSA) is 52.9 Å². The second kappa shape index (κ2) is 8.84. The third-order valence-electron chi connectivity index (χ3n) is 4.46. The number of halogens is 2. The molecule has 1 atom stereocenters. The summed E-state index contributed by atoms with van der Waals surface area (Å²) in [5.74, 6) is 0.0842. The molecule has 0 bridgehead atoms. The van der Waals surface area contributed by atoms with Crippen LogP contribution in [0.25, 0.3) is 6.08 Å². The van der Waals surface area contributed by atoms with Crippen molar-refractivity contribution in [2.24, 2.45) is 4.99 Å². The number of phenols is 1. The van der Waals surface area contributed by atoms with Crippen LogP contribution in [0.2, 0.25) is 0 Å². The van der Waals surface area contributed by atoms with E-state index in [4.69, 9.17) is 4.99 Å². The summed E-state index contributed by atoms with van der Waals surface area (Å²) in [6, 6.07) is 11.5. The number of thioether (sulfide) groups is 1. The third kappa shape index (κ3) is 4.53. The maximum Gasteiger partial charge on any atom is 0.266 e. The van der Waals surface area contributed by atoms with Crippen molar-refractivity contribution in [1.29, 1.82) is 0 Å². The average molecular weight is 524 g/mol. The quantitative estimate of drug-likeness (QED) is 0.457. The Hall–Kier alpha value is -1.57. The van der Waals surface area contributed by atoms with Gasteiger partial charge >= 0.3 is 0 Å². The van der Waals surface area contributed by atoms with Gasteiger partial charge in [-0.15, -0.1) is 0 Å². The molecule has 1 amide bonds. The van der Waals surface area contributed by atoms with Crippen LogP contribution in [0.5, 0.6) is 5.75 Å². The summed E-state index contributed by atoms with van der Waals surface area (Å²) in [5, 5.41) is 10.6. The fourth-order valence-electron chi connectivity index (χ4n) is 2.69. The summed E-state index contributed by atoms with van der Waals surface area (Å²) in [7, 11) is 0. The summed E-state index contributed by atoms with van der Waals surface area (Å²) in [6.45, 7) is 6.12. The molecule has 1 aliphatic rings. The molecule has 0 unspecified atom stereocenters. The molecule has 0 radical (unpaired) electrons. The maximum atomic E-state index is 13.1. The molecule has 1 heterocycles. The van der Waals surface area contributed by atoms with Gasteiger partial charge in [0.1, 0.15) is 5.75 Å². The molecule has 28 heavy (non-hydrogen) atoms. The van der Waals surface area contributed by atoms with Gasteiger partial charge in [0.15, 0.2) is 5.17 Å². The molecule has 146 valence electrons. The van der Waals surface area contributed by atoms with Gasteiger partial charge in [-0.3, -0.25) is 9.69 Å². The molecule has 1 saturated heterocycles. The lowest BCUT2D eigenvalue weighted by atomic mass is 10.2. The Balaban J connectivity index is 2.00. The second-order valence-corrected chi connectivity index (χ2v) is 9.32. The van der Waals surface area contributed by atoms with Gasteiger partial charge < -0.3 is 5.11 Å². The number of phenolic OH excluding ortho intramolecular Hbond substituents is 1. The number of benzene rings is 2. The van der Waals surface area contributed by atoms with E-state index in [1.165, 1.54) is 17.3 Å². The lowest BCUT2D eigenvalue weighted by Gasteiger charge is -2.22. The number of aromatic hydroxyl groups is 1. The minimum atomic E-state index is -0.0504. The molecule has 0 aromatic heterocycles. The summed E-state index contributed by atoms with van der Waals surface area (Å²) in [6.07, 6.45) is 2.66. The second-order valence-electron chi connectivity index (χ2n) is 6.61. The molecule has 2 aromatic rings. The largest absolute Gasteiger partial charge is 0.506 e. The minimum absolute atomic E-state index is 0.0494. The fraction of sp³-hybridized carbons (Fsp3) is 0.238. The molecular weight excluding hydrogens is 504 g/mol. The Morgan fingerprint density at radius 2 is 1.82 bits per heavy atom. The number of aliphatic imine (C=N–C) groups is 1. The monoisotopic (exact) mass is 522 g/mol. The number of aryl methyl sites for hydroxylation is 1. The zero-order valence-corrected chi connectivity index (χ0v) is 19.7. The number of rotatable bonds is 4. The predicted molar refractivity (Wildman–Crippen MR) is 124 cm³/mol. The molecule has 0 saturated carbocycles. The van der Waals surface area contributed by atoms with E-state index in [0.717, 1.165) is 17.7 Å². The Morgan fingerprint density at radius 3 is 2.39 bits per heavy atom. The molecule has 0 spiro atoms. The van der Waals surface area contributed by atoms with Crippen LogP contribution in [-0.2, 0) is 4.79 Å². The van der Waals surface area contributed by atoms with Crippen molar-refractivity contribution in [2.75, 3.05) is 0 Å². The maximum absolute atomic E-state index is 13.1. The zero-order chi connectivity index (χ0) is 20.4. The Bertz CT molecular complexity index is 948. The SMILES string of the molecule is CC[C@@H](C)N1C(=O)/C(=C\c2cc(Br)c(O)c(Br)c2)SC1=Nc1ccc(C)cc1. The highest BCUT2D eigenvalue weighted by atomic mass is 79.9. The van der Waals surface area contributed by atoms with Gasteiger partial charge in [0.2, 0.25) is 0 Å². The fourth-order valence-corrected chi connectivity index (χ4v) is 5.00. The number of amidine groups is 1. The van der Waals surface area contributed by atoms with E-state index in [9.17, 15) is 9.90 Å². The van der Waals surface area contributed by atoms with Crippen LogP contribution in [0.1, 0.15) is 31.4 Å². The highest BCUT2D eigenvalue weighted by Crippen LogP contribution is 2.38. The third-order valence-corrected chi connectivity index (χ3v) is 6.66. The van der Waals surface area contributed by atoms with Crippen LogP contribution in [0.15, 0.2) is 55.2 Å². The van der Waals surface area contributed by atoms with Gasteiger partial charge in [-0.2, -0.15) is 0 Å². The number of carbonyl (C=O) groups excluding carboxylic acids is 1. The van der Waals surface area contributed by atoms with Gasteiger partial charge in [0.05, 0.1) is 19.5 Å². The van der Waals surface area contributed by atoms with Crippen LogP contribution in [0, 0.1) is 6.92 Å². The average Bonchev–Trinajstić information content (AvgIpc) is 2.96. The highest BCUT2D eigenvalue weighted by molar-refractivity contribution is 9.11. The zero-order valence-electron chi connectivity index (χ0n) is 15.7. The minimum Gasteiger partial charge on any atom is -0.506 e. The molecule has 2 aromatic carbocycles. The summed E-state index contributed by atoms with van der Waals surface area (Å²) < 4.78 is 1.13. The van der Waals surface area contributed by atoms with E-state index in [0.29, 0.717) is 19.0 Å². The van der Waals surface area contributed by atoms with Gasteiger partial charge in [0.25, 0.3) is 5.91 Å². The van der Waals surface area contributed by atoms with Gasteiger partial charge in [-0.05, 0) is 99.8 Å². The van der Waals surface area contributed by atoms with E-state index >= 15 is 0 Å². The summed E-state index contributed by atoms with van der Waals surface area (Å²) in [4.78, 5) is 20.2. The first-order chi connectivity index (χ1) is 13.3. The molecule has 3 rings (SSSR count). The first-order valence-corrected chi connectivity index (χ1v) is 11.3. The van der Waals surface area contributed by atoms with Crippen molar-refractivity contribution >= 4 is 66.5 Å². The molecular formula is C21H20Br2N2O2S. The lowest BCUT2D eigenvalue weighted by molar-refractivity contribution is -0.123. The summed E-state index contributed by atoms with van der Waals surface area (Å²) >= 11 is 8.04. The van der Waals surface area contributed by atoms with Crippen LogP contribution >= 0.6 is 43.6 Å². The van der Waals surface area contributed by atoms with Gasteiger partial charge in [0, 0.05) is 6.04 Å². The van der Waals surface area contributed by atoms with E-state index in [1.54, 1.807) is 17.0 Å². The van der Waals surface area contributed by atoms with Crippen LogP contribution in [-0.4, -0.2) is 27.1 Å². The van der Waals surface area contributed by atoms with E-state index < -0.39 is 0 Å². The van der Waals surface area contributed by atoms with Crippen LogP contribution in [0.3, 0.4) is 0 Å². The summed E-state index contributed by atoms with van der Waals surface area (Å²) in [5.41, 5.74) is 2.81. The molecule has 1 aliphatic heterocycles. The molecule has 4 nitrogen and oxygen atoms in total. The van der Waals surface area contributed by atoms with Gasteiger partial charge in [-0.25, -0.2) is 4.99 Å². The van der Waals surface area contributed by atoms with E-state index in [1.807, 2.05) is 44.2 Å². The van der Waals surface area contributed by atoms with Crippen LogP contribution < -0.4 is 0 Å². The number of hydrogen-bond donors (Lipinski definition) is 1. The first-order valence-electron chi connectivity index (χ1n) is 8.86. The van der Waals surface area contributed by atoms with E-state index in [2.05, 4.69) is 38.8 Å². The number of hydrogen-bond acceptors (Lipinski definition) is 4.